The third kappa shape index (κ3) is 3.69. The van der Waals surface area contributed by atoms with E-state index in [0.717, 1.165) is 43.0 Å². The van der Waals surface area contributed by atoms with E-state index in [0.29, 0.717) is 18.9 Å². The Morgan fingerprint density at radius 3 is 2.73 bits per heavy atom. The van der Waals surface area contributed by atoms with Crippen molar-refractivity contribution in [3.63, 3.8) is 0 Å². The lowest BCUT2D eigenvalue weighted by Gasteiger charge is -2.31. The van der Waals surface area contributed by atoms with E-state index in [1.807, 2.05) is 53.6 Å². The number of fused-ring (bicyclic) bond motifs is 1. The molecule has 1 aliphatic heterocycles. The Bertz CT molecular complexity index is 870. The first kappa shape index (κ1) is 16.6. The van der Waals surface area contributed by atoms with E-state index in [-0.39, 0.29) is 5.91 Å². The van der Waals surface area contributed by atoms with Gasteiger partial charge in [-0.1, -0.05) is 18.2 Å². The smallest absolute Gasteiger partial charge is 0.225 e. The molecule has 26 heavy (non-hydrogen) atoms. The monoisotopic (exact) mass is 350 g/mol. The van der Waals surface area contributed by atoms with Crippen molar-refractivity contribution < 1.29 is 9.53 Å². The van der Waals surface area contributed by atoms with Gasteiger partial charge in [0.25, 0.3) is 0 Å². The molecule has 1 aliphatic rings. The van der Waals surface area contributed by atoms with Crippen LogP contribution in [0.2, 0.25) is 0 Å². The van der Waals surface area contributed by atoms with E-state index in [9.17, 15) is 4.79 Å². The molecule has 0 unspecified atom stereocenters. The SMILES string of the molecule is O=C(CCOc1ccccc1)N1CCC(c2ccn3nccc3n2)CC1. The molecule has 1 amide bonds. The van der Waals surface area contributed by atoms with Gasteiger partial charge in [-0.05, 0) is 31.0 Å². The first-order valence-electron chi connectivity index (χ1n) is 9.05. The van der Waals surface area contributed by atoms with E-state index >= 15 is 0 Å². The Balaban J connectivity index is 1.26. The summed E-state index contributed by atoms with van der Waals surface area (Å²) in [4.78, 5) is 19.0. The number of piperidine rings is 1. The second-order valence-electron chi connectivity index (χ2n) is 6.55. The first-order chi connectivity index (χ1) is 12.8. The van der Waals surface area contributed by atoms with Crippen LogP contribution in [0.4, 0.5) is 0 Å². The molecule has 0 aliphatic carbocycles. The largest absolute Gasteiger partial charge is 0.493 e. The Morgan fingerprint density at radius 2 is 1.92 bits per heavy atom. The molecule has 1 saturated heterocycles. The molecule has 6 nitrogen and oxygen atoms in total. The van der Waals surface area contributed by atoms with Gasteiger partial charge >= 0.3 is 0 Å². The molecule has 0 radical (unpaired) electrons. The maximum atomic E-state index is 12.4. The fourth-order valence-electron chi connectivity index (χ4n) is 3.41. The number of amides is 1. The molecule has 1 fully saturated rings. The highest BCUT2D eigenvalue weighted by Crippen LogP contribution is 2.27. The topological polar surface area (TPSA) is 59.7 Å². The zero-order chi connectivity index (χ0) is 17.8. The number of para-hydroxylation sites is 1. The normalized spacial score (nSPS) is 15.3. The third-order valence-corrected chi connectivity index (χ3v) is 4.87. The molecule has 1 aromatic carbocycles. The lowest BCUT2D eigenvalue weighted by Crippen LogP contribution is -2.38. The van der Waals surface area contributed by atoms with E-state index in [1.165, 1.54) is 0 Å². The van der Waals surface area contributed by atoms with E-state index in [1.54, 1.807) is 10.7 Å². The molecule has 0 atom stereocenters. The first-order valence-corrected chi connectivity index (χ1v) is 9.05. The van der Waals surface area contributed by atoms with Crippen molar-refractivity contribution in [3.05, 3.63) is 60.6 Å². The van der Waals surface area contributed by atoms with Crippen molar-refractivity contribution in [1.82, 2.24) is 19.5 Å². The van der Waals surface area contributed by atoms with Gasteiger partial charge in [0.15, 0.2) is 5.65 Å². The highest BCUT2D eigenvalue weighted by atomic mass is 16.5. The number of nitrogens with zero attached hydrogens (tertiary/aromatic N) is 4. The molecule has 134 valence electrons. The number of aromatic nitrogens is 3. The second kappa shape index (κ2) is 7.56. The van der Waals surface area contributed by atoms with Gasteiger partial charge in [0, 0.05) is 37.0 Å². The van der Waals surface area contributed by atoms with Gasteiger partial charge < -0.3 is 9.64 Å². The molecule has 0 bridgehead atoms. The van der Waals surface area contributed by atoms with E-state index < -0.39 is 0 Å². The van der Waals surface area contributed by atoms with Crippen molar-refractivity contribution in [1.29, 1.82) is 0 Å². The van der Waals surface area contributed by atoms with Gasteiger partial charge in [0.1, 0.15) is 5.75 Å². The lowest BCUT2D eigenvalue weighted by atomic mass is 9.93. The van der Waals surface area contributed by atoms with Gasteiger partial charge in [-0.25, -0.2) is 9.50 Å². The Kier molecular flexibility index (Phi) is 4.82. The summed E-state index contributed by atoms with van der Waals surface area (Å²) >= 11 is 0. The number of rotatable bonds is 5. The summed E-state index contributed by atoms with van der Waals surface area (Å²) in [5.74, 6) is 1.37. The van der Waals surface area contributed by atoms with E-state index in [4.69, 9.17) is 4.74 Å². The minimum absolute atomic E-state index is 0.165. The predicted octanol–water partition coefficient (Wildman–Crippen LogP) is 2.90. The summed E-state index contributed by atoms with van der Waals surface area (Å²) in [6.07, 6.45) is 6.02. The number of carbonyl (C=O) groups is 1. The molecule has 0 N–H and O–H groups in total. The minimum atomic E-state index is 0.165. The number of hydrogen-bond donors (Lipinski definition) is 0. The molecule has 0 spiro atoms. The molecule has 4 rings (SSSR count). The number of benzene rings is 1. The number of hydrogen-bond acceptors (Lipinski definition) is 4. The zero-order valence-corrected chi connectivity index (χ0v) is 14.6. The Labute approximate surface area is 152 Å². The fourth-order valence-corrected chi connectivity index (χ4v) is 3.41. The van der Waals surface area contributed by atoms with Gasteiger partial charge in [0.05, 0.1) is 19.2 Å². The molecule has 3 heterocycles. The van der Waals surface area contributed by atoms with Crippen LogP contribution in [0.1, 0.15) is 30.9 Å². The molecular formula is C20H22N4O2. The van der Waals surface area contributed by atoms with Gasteiger partial charge in [-0.15, -0.1) is 0 Å². The average molecular weight is 350 g/mol. The summed E-state index contributed by atoms with van der Waals surface area (Å²) in [6, 6.07) is 13.6. The van der Waals surface area contributed by atoms with Crippen LogP contribution in [0, 0.1) is 0 Å². The summed E-state index contributed by atoms with van der Waals surface area (Å²) < 4.78 is 7.40. The Hall–Kier alpha value is -2.89. The van der Waals surface area contributed by atoms with Crippen LogP contribution in [0.3, 0.4) is 0 Å². The van der Waals surface area contributed by atoms with Crippen LogP contribution in [0.5, 0.6) is 5.75 Å². The van der Waals surface area contributed by atoms with Crippen molar-refractivity contribution in [3.8, 4) is 5.75 Å². The summed E-state index contributed by atoms with van der Waals surface area (Å²) in [6.45, 7) is 1.98. The van der Waals surface area contributed by atoms with Crippen LogP contribution in [0.25, 0.3) is 5.65 Å². The average Bonchev–Trinajstić information content (AvgIpc) is 3.17. The van der Waals surface area contributed by atoms with Crippen molar-refractivity contribution in [2.45, 2.75) is 25.2 Å². The highest BCUT2D eigenvalue weighted by molar-refractivity contribution is 5.76. The standard InChI is InChI=1S/C20H22N4O2/c25-20(10-15-26-17-4-2-1-3-5-17)23-12-7-16(8-13-23)18-9-14-24-19(22-18)6-11-21-24/h1-6,9,11,14,16H,7-8,10,12-13,15H2. The van der Waals surface area contributed by atoms with Gasteiger partial charge in [0.2, 0.25) is 5.91 Å². The molecular weight excluding hydrogens is 328 g/mol. The third-order valence-electron chi connectivity index (χ3n) is 4.87. The van der Waals surface area contributed by atoms with Gasteiger partial charge in [-0.3, -0.25) is 4.79 Å². The molecule has 3 aromatic rings. The van der Waals surface area contributed by atoms with Crippen LogP contribution >= 0.6 is 0 Å². The summed E-state index contributed by atoms with van der Waals surface area (Å²) in [5.41, 5.74) is 1.97. The maximum Gasteiger partial charge on any atom is 0.225 e. The minimum Gasteiger partial charge on any atom is -0.493 e. The number of ether oxygens (including phenoxy) is 1. The maximum absolute atomic E-state index is 12.4. The predicted molar refractivity (Wildman–Crippen MR) is 98.1 cm³/mol. The van der Waals surface area contributed by atoms with E-state index in [2.05, 4.69) is 10.1 Å². The van der Waals surface area contributed by atoms with Gasteiger partial charge in [-0.2, -0.15) is 5.10 Å². The number of carbonyl (C=O) groups excluding carboxylic acids is 1. The van der Waals surface area contributed by atoms with Crippen LogP contribution in [-0.2, 0) is 4.79 Å². The zero-order valence-electron chi connectivity index (χ0n) is 14.6. The van der Waals surface area contributed by atoms with Crippen LogP contribution in [-0.4, -0.2) is 45.1 Å². The number of likely N-dealkylation sites (tertiary alicyclic amines) is 1. The lowest BCUT2D eigenvalue weighted by molar-refractivity contribution is -0.132. The van der Waals surface area contributed by atoms with Crippen molar-refractivity contribution in [2.24, 2.45) is 0 Å². The fraction of sp³-hybridized carbons (Fsp3) is 0.350. The highest BCUT2D eigenvalue weighted by Gasteiger charge is 2.24. The molecule has 2 aromatic heterocycles. The Morgan fingerprint density at radius 1 is 1.12 bits per heavy atom. The summed E-state index contributed by atoms with van der Waals surface area (Å²) in [7, 11) is 0. The second-order valence-corrected chi connectivity index (χ2v) is 6.55. The molecule has 0 saturated carbocycles. The summed E-state index contributed by atoms with van der Waals surface area (Å²) in [5, 5.41) is 4.18. The van der Waals surface area contributed by atoms with Crippen molar-refractivity contribution in [2.75, 3.05) is 19.7 Å². The van der Waals surface area contributed by atoms with Crippen molar-refractivity contribution >= 4 is 11.6 Å². The van der Waals surface area contributed by atoms with Crippen LogP contribution < -0.4 is 4.74 Å². The quantitative estimate of drug-likeness (QED) is 0.710. The van der Waals surface area contributed by atoms with Crippen LogP contribution in [0.15, 0.2) is 54.9 Å². The molecule has 6 heteroatoms.